The van der Waals surface area contributed by atoms with Gasteiger partial charge in [-0.3, -0.25) is 19.6 Å². The lowest BCUT2D eigenvalue weighted by Crippen LogP contribution is -2.36. The molecule has 0 bridgehead atoms. The second kappa shape index (κ2) is 13.4. The predicted octanol–water partition coefficient (Wildman–Crippen LogP) is 3.28. The summed E-state index contributed by atoms with van der Waals surface area (Å²) in [4.78, 5) is 55.8. The summed E-state index contributed by atoms with van der Waals surface area (Å²) >= 11 is 0. The lowest BCUT2D eigenvalue weighted by atomic mass is 10.1. The molecule has 206 valence electrons. The molecule has 0 aliphatic rings. The van der Waals surface area contributed by atoms with E-state index in [0.29, 0.717) is 22.5 Å². The van der Waals surface area contributed by atoms with E-state index in [4.69, 9.17) is 18.9 Å². The van der Waals surface area contributed by atoms with Gasteiger partial charge in [0.2, 0.25) is 0 Å². The van der Waals surface area contributed by atoms with Crippen LogP contribution in [0.3, 0.4) is 0 Å². The number of amides is 2. The van der Waals surface area contributed by atoms with Gasteiger partial charge in [-0.1, -0.05) is 0 Å². The van der Waals surface area contributed by atoms with Gasteiger partial charge in [0, 0.05) is 12.4 Å². The van der Waals surface area contributed by atoms with E-state index in [1.54, 1.807) is 78.2 Å². The van der Waals surface area contributed by atoms with E-state index in [2.05, 4.69) is 20.6 Å². The van der Waals surface area contributed by atoms with Gasteiger partial charge in [0.25, 0.3) is 0 Å². The maximum Gasteiger partial charge on any atom is 0.408 e. The fourth-order valence-corrected chi connectivity index (χ4v) is 2.76. The highest BCUT2D eigenvalue weighted by Crippen LogP contribution is 2.18. The quantitative estimate of drug-likeness (QED) is 0.364. The van der Waals surface area contributed by atoms with E-state index < -0.39 is 35.3 Å². The van der Waals surface area contributed by atoms with Crippen molar-refractivity contribution in [1.29, 1.82) is 0 Å². The number of hydrogen-bond donors (Lipinski definition) is 2. The molecule has 0 unspecified atom stereocenters. The third-order valence-corrected chi connectivity index (χ3v) is 4.26. The number of carbonyl (C=O) groups is 4. The van der Waals surface area contributed by atoms with Crippen molar-refractivity contribution in [3.63, 3.8) is 0 Å². The Balaban J connectivity index is 1.86. The zero-order valence-corrected chi connectivity index (χ0v) is 22.5. The second-order valence-electron chi connectivity index (χ2n) is 10.1. The van der Waals surface area contributed by atoms with Crippen LogP contribution in [0, 0.1) is 0 Å². The number of esters is 2. The summed E-state index contributed by atoms with van der Waals surface area (Å²) in [5.74, 6) is -1.25. The predicted molar refractivity (Wildman–Crippen MR) is 136 cm³/mol. The van der Waals surface area contributed by atoms with Crippen molar-refractivity contribution in [2.75, 3.05) is 13.1 Å². The number of nitrogens with zero attached hydrogens (tertiary/aromatic N) is 2. The monoisotopic (exact) mass is 530 g/mol. The molecule has 38 heavy (non-hydrogen) atoms. The summed E-state index contributed by atoms with van der Waals surface area (Å²) in [5, 5.41) is 4.68. The first kappa shape index (κ1) is 30.0. The minimum atomic E-state index is -0.711. The first-order chi connectivity index (χ1) is 17.7. The summed E-state index contributed by atoms with van der Waals surface area (Å²) < 4.78 is 20.5. The Hall–Kier alpha value is -4.22. The zero-order valence-electron chi connectivity index (χ0n) is 22.5. The van der Waals surface area contributed by atoms with Crippen molar-refractivity contribution in [2.45, 2.75) is 66.0 Å². The van der Waals surface area contributed by atoms with Crippen molar-refractivity contribution in [1.82, 2.24) is 20.6 Å². The Kier molecular flexibility index (Phi) is 10.5. The van der Waals surface area contributed by atoms with Crippen LogP contribution in [-0.4, -0.2) is 58.4 Å². The number of rotatable bonds is 9. The molecule has 2 heterocycles. The molecule has 0 aromatic carbocycles. The van der Waals surface area contributed by atoms with Gasteiger partial charge in [0.05, 0.1) is 11.4 Å². The Morgan fingerprint density at radius 2 is 1.05 bits per heavy atom. The number of aromatic nitrogens is 2. The zero-order chi connectivity index (χ0) is 28.3. The van der Waals surface area contributed by atoms with Crippen molar-refractivity contribution in [3.05, 3.63) is 47.8 Å². The highest BCUT2D eigenvalue weighted by molar-refractivity contribution is 5.78. The molecule has 2 amide bonds. The van der Waals surface area contributed by atoms with Gasteiger partial charge in [0.1, 0.15) is 37.5 Å². The molecule has 12 nitrogen and oxygen atoms in total. The number of hydrogen-bond acceptors (Lipinski definition) is 10. The molecule has 0 aliphatic heterocycles. The van der Waals surface area contributed by atoms with E-state index in [1.165, 1.54) is 0 Å². The molecule has 0 atom stereocenters. The molecule has 2 rings (SSSR count). The maximum atomic E-state index is 12.0. The minimum absolute atomic E-state index is 0.0354. The van der Waals surface area contributed by atoms with E-state index in [0.717, 1.165) is 0 Å². The molecule has 0 aliphatic carbocycles. The first-order valence-electron chi connectivity index (χ1n) is 11.9. The van der Waals surface area contributed by atoms with Gasteiger partial charge in [-0.2, -0.15) is 0 Å². The fourth-order valence-electron chi connectivity index (χ4n) is 2.76. The van der Waals surface area contributed by atoms with Crippen LogP contribution < -0.4 is 10.6 Å². The molecule has 2 N–H and O–H groups in total. The SMILES string of the molecule is CC(C)(C)OC(=O)NCC(=O)OCc1ccnc(-c2cc(COC(=O)CNC(=O)OC(C)(C)C)ccn2)c1. The standard InChI is InChI=1S/C26H34N4O8/c1-25(2,3)37-23(33)29-13-21(31)35-15-17-7-9-27-19(11-17)20-12-18(8-10-28-20)16-36-22(32)14-30-24(34)38-26(4,5)6/h7-12H,13-16H2,1-6H3,(H,29,33)(H,30,34). The summed E-state index contributed by atoms with van der Waals surface area (Å²) in [6.45, 7) is 9.57. The van der Waals surface area contributed by atoms with Gasteiger partial charge < -0.3 is 29.6 Å². The van der Waals surface area contributed by atoms with E-state index >= 15 is 0 Å². The van der Waals surface area contributed by atoms with Crippen LogP contribution in [0.4, 0.5) is 9.59 Å². The lowest BCUT2D eigenvalue weighted by molar-refractivity contribution is -0.144. The Labute approximate surface area is 221 Å². The van der Waals surface area contributed by atoms with Crippen LogP contribution in [-0.2, 0) is 41.8 Å². The van der Waals surface area contributed by atoms with E-state index in [1.807, 2.05) is 0 Å². The first-order valence-corrected chi connectivity index (χ1v) is 11.9. The smallest absolute Gasteiger partial charge is 0.408 e. The molecule has 0 spiro atoms. The maximum absolute atomic E-state index is 12.0. The van der Waals surface area contributed by atoms with Gasteiger partial charge >= 0.3 is 24.1 Å². The molecule has 0 saturated heterocycles. The fraction of sp³-hybridized carbons (Fsp3) is 0.462. The van der Waals surface area contributed by atoms with Gasteiger partial charge in [0.15, 0.2) is 0 Å². The summed E-state index contributed by atoms with van der Waals surface area (Å²) in [6, 6.07) is 6.78. The number of nitrogens with one attached hydrogen (secondary N) is 2. The number of alkyl carbamates (subject to hydrolysis) is 2. The molecule has 12 heteroatoms. The molecule has 2 aromatic rings. The minimum Gasteiger partial charge on any atom is -0.459 e. The topological polar surface area (TPSA) is 155 Å². The highest BCUT2D eigenvalue weighted by atomic mass is 16.6. The van der Waals surface area contributed by atoms with Crippen LogP contribution in [0.2, 0.25) is 0 Å². The average Bonchev–Trinajstić information content (AvgIpc) is 2.82. The van der Waals surface area contributed by atoms with Crippen molar-refractivity contribution < 1.29 is 38.1 Å². The summed E-state index contributed by atoms with van der Waals surface area (Å²) in [7, 11) is 0. The Morgan fingerprint density at radius 1 is 0.684 bits per heavy atom. The van der Waals surface area contributed by atoms with E-state index in [-0.39, 0.29) is 26.3 Å². The number of pyridine rings is 2. The molecular weight excluding hydrogens is 496 g/mol. The van der Waals surface area contributed by atoms with Crippen LogP contribution in [0.5, 0.6) is 0 Å². The van der Waals surface area contributed by atoms with Gasteiger partial charge in [-0.15, -0.1) is 0 Å². The van der Waals surface area contributed by atoms with Crippen LogP contribution in [0.25, 0.3) is 11.4 Å². The highest BCUT2D eigenvalue weighted by Gasteiger charge is 2.18. The largest absolute Gasteiger partial charge is 0.459 e. The van der Waals surface area contributed by atoms with Crippen molar-refractivity contribution >= 4 is 24.1 Å². The van der Waals surface area contributed by atoms with Gasteiger partial charge in [-0.05, 0) is 76.9 Å². The molecule has 0 saturated carbocycles. The van der Waals surface area contributed by atoms with Crippen LogP contribution in [0.1, 0.15) is 52.7 Å². The second-order valence-corrected chi connectivity index (χ2v) is 10.1. The Morgan fingerprint density at radius 3 is 1.39 bits per heavy atom. The summed E-state index contributed by atoms with van der Waals surface area (Å²) in [6.07, 6.45) is 1.68. The molecule has 0 fully saturated rings. The molecule has 0 radical (unpaired) electrons. The normalized spacial score (nSPS) is 11.2. The molecule has 2 aromatic heterocycles. The third-order valence-electron chi connectivity index (χ3n) is 4.26. The molecular formula is C26H34N4O8. The van der Waals surface area contributed by atoms with Crippen molar-refractivity contribution in [3.8, 4) is 11.4 Å². The van der Waals surface area contributed by atoms with Gasteiger partial charge in [-0.25, -0.2) is 9.59 Å². The average molecular weight is 531 g/mol. The third kappa shape index (κ3) is 12.2. The van der Waals surface area contributed by atoms with Crippen molar-refractivity contribution in [2.24, 2.45) is 0 Å². The summed E-state index contributed by atoms with van der Waals surface area (Å²) in [5.41, 5.74) is 1.01. The number of ether oxygens (including phenoxy) is 4. The lowest BCUT2D eigenvalue weighted by Gasteiger charge is -2.19. The van der Waals surface area contributed by atoms with Crippen LogP contribution >= 0.6 is 0 Å². The van der Waals surface area contributed by atoms with Crippen LogP contribution in [0.15, 0.2) is 36.7 Å². The number of carbonyl (C=O) groups excluding carboxylic acids is 4. The Bertz CT molecular complexity index is 1050. The van der Waals surface area contributed by atoms with E-state index in [9.17, 15) is 19.2 Å².